The van der Waals surface area contributed by atoms with E-state index < -0.39 is 18.1 Å². The molecule has 0 bridgehead atoms. The van der Waals surface area contributed by atoms with Crippen molar-refractivity contribution in [1.82, 2.24) is 4.90 Å². The zero-order valence-electron chi connectivity index (χ0n) is 21.2. The second-order valence-electron chi connectivity index (χ2n) is 7.06. The topological polar surface area (TPSA) is 81.9 Å². The fourth-order valence-electron chi connectivity index (χ4n) is 2.79. The van der Waals surface area contributed by atoms with E-state index in [4.69, 9.17) is 15.2 Å². The van der Waals surface area contributed by atoms with Crippen LogP contribution in [0.15, 0.2) is 110 Å². The molecule has 6 nitrogen and oxygen atoms in total. The first-order valence-electron chi connectivity index (χ1n) is 11.8. The first-order valence-corrected chi connectivity index (χ1v) is 11.8. The van der Waals surface area contributed by atoms with Gasteiger partial charge in [-0.05, 0) is 18.0 Å². The highest BCUT2D eigenvalue weighted by Crippen LogP contribution is 2.18. The lowest BCUT2D eigenvalue weighted by Crippen LogP contribution is -2.55. The molecule has 0 aromatic heterocycles. The summed E-state index contributed by atoms with van der Waals surface area (Å²) in [6.07, 6.45) is 4.31. The number of rotatable bonds is 6. The average molecular weight is 481 g/mol. The Hall–Kier alpha value is -3.64. The van der Waals surface area contributed by atoms with E-state index in [1.807, 2.05) is 86.6 Å². The van der Waals surface area contributed by atoms with Crippen LogP contribution in [0.3, 0.4) is 0 Å². The van der Waals surface area contributed by atoms with Crippen molar-refractivity contribution in [2.24, 2.45) is 11.7 Å². The van der Waals surface area contributed by atoms with Gasteiger partial charge in [0.1, 0.15) is 19.3 Å². The summed E-state index contributed by atoms with van der Waals surface area (Å²) >= 11 is 0. The summed E-state index contributed by atoms with van der Waals surface area (Å²) in [5, 5.41) is 0. The highest BCUT2D eigenvalue weighted by molar-refractivity contribution is 5.82. The van der Waals surface area contributed by atoms with Crippen LogP contribution in [-0.2, 0) is 14.3 Å². The first kappa shape index (κ1) is 31.4. The summed E-state index contributed by atoms with van der Waals surface area (Å²) in [4.78, 5) is 25.4. The third-order valence-corrected chi connectivity index (χ3v) is 4.59. The number of nitrogens with zero attached hydrogens (tertiary/aromatic N) is 1. The van der Waals surface area contributed by atoms with Crippen LogP contribution >= 0.6 is 0 Å². The van der Waals surface area contributed by atoms with Crippen molar-refractivity contribution >= 4 is 12.1 Å². The third kappa shape index (κ3) is 13.6. The van der Waals surface area contributed by atoms with Gasteiger partial charge in [0.25, 0.3) is 0 Å². The molecular weight excluding hydrogens is 440 g/mol. The SMILES string of the molecule is C=C/C=C(\C=C)COC(=O)N1CCOC(=O)C1[C@H](C)CN.CC.c1ccccc1.c1ccccc1. The molecule has 0 saturated carbocycles. The van der Waals surface area contributed by atoms with E-state index in [9.17, 15) is 9.59 Å². The summed E-state index contributed by atoms with van der Waals surface area (Å²) in [6, 6.07) is 23.3. The Labute approximate surface area is 210 Å². The van der Waals surface area contributed by atoms with Gasteiger partial charge < -0.3 is 15.2 Å². The van der Waals surface area contributed by atoms with E-state index in [-0.39, 0.29) is 25.7 Å². The third-order valence-electron chi connectivity index (χ3n) is 4.59. The molecule has 6 heteroatoms. The predicted octanol–water partition coefficient (Wildman–Crippen LogP) is 5.64. The van der Waals surface area contributed by atoms with Gasteiger partial charge in [-0.2, -0.15) is 0 Å². The molecule has 2 aromatic rings. The average Bonchev–Trinajstić information content (AvgIpc) is 2.94. The molecule has 0 spiro atoms. The number of morpholine rings is 1. The molecule has 0 aliphatic carbocycles. The van der Waals surface area contributed by atoms with E-state index in [0.717, 1.165) is 5.57 Å². The molecule has 2 atom stereocenters. The van der Waals surface area contributed by atoms with E-state index in [0.29, 0.717) is 6.54 Å². The van der Waals surface area contributed by atoms with Crippen LogP contribution in [0, 0.1) is 5.92 Å². The zero-order chi connectivity index (χ0) is 26.3. The molecule has 1 amide bonds. The number of hydrogen-bond donors (Lipinski definition) is 1. The fourth-order valence-corrected chi connectivity index (χ4v) is 2.79. The van der Waals surface area contributed by atoms with Gasteiger partial charge in [-0.25, -0.2) is 9.59 Å². The maximum Gasteiger partial charge on any atom is 0.410 e. The molecule has 2 aromatic carbocycles. The molecule has 35 heavy (non-hydrogen) atoms. The quantitative estimate of drug-likeness (QED) is 0.427. The molecule has 1 saturated heterocycles. The van der Waals surface area contributed by atoms with E-state index >= 15 is 0 Å². The van der Waals surface area contributed by atoms with Gasteiger partial charge in [0.2, 0.25) is 0 Å². The van der Waals surface area contributed by atoms with E-state index in [2.05, 4.69) is 13.2 Å². The molecular formula is C29H40N2O4. The number of ether oxygens (including phenoxy) is 2. The second-order valence-corrected chi connectivity index (χ2v) is 7.06. The maximum atomic E-state index is 12.2. The Balaban J connectivity index is 0.000000661. The number of amides is 1. The van der Waals surface area contributed by atoms with Gasteiger partial charge >= 0.3 is 12.1 Å². The minimum Gasteiger partial charge on any atom is -0.462 e. The van der Waals surface area contributed by atoms with E-state index in [1.165, 1.54) is 4.90 Å². The number of hydrogen-bond acceptors (Lipinski definition) is 5. The fraction of sp³-hybridized carbons (Fsp3) is 0.310. The monoisotopic (exact) mass is 480 g/mol. The normalized spacial score (nSPS) is 15.2. The van der Waals surface area contributed by atoms with Crippen LogP contribution in [0.4, 0.5) is 4.79 Å². The Morgan fingerprint density at radius 2 is 1.51 bits per heavy atom. The van der Waals surface area contributed by atoms with E-state index in [1.54, 1.807) is 25.2 Å². The summed E-state index contributed by atoms with van der Waals surface area (Å²) in [6.45, 7) is 13.8. The first-order chi connectivity index (χ1) is 17.0. The molecule has 1 fully saturated rings. The molecule has 1 unspecified atom stereocenters. The number of nitrogens with two attached hydrogens (primary N) is 1. The molecule has 1 aliphatic rings. The Bertz CT molecular complexity index is 769. The van der Waals surface area contributed by atoms with Crippen LogP contribution in [0.25, 0.3) is 0 Å². The smallest absolute Gasteiger partial charge is 0.410 e. The van der Waals surface area contributed by atoms with Crippen LogP contribution in [0.1, 0.15) is 20.8 Å². The van der Waals surface area contributed by atoms with Crippen molar-refractivity contribution < 1.29 is 19.1 Å². The van der Waals surface area contributed by atoms with Gasteiger partial charge in [-0.15, -0.1) is 0 Å². The second kappa shape index (κ2) is 20.9. The van der Waals surface area contributed by atoms with Gasteiger partial charge in [-0.3, -0.25) is 4.90 Å². The van der Waals surface area contributed by atoms with Crippen molar-refractivity contribution in [3.8, 4) is 0 Å². The number of cyclic esters (lactones) is 1. The molecule has 2 N–H and O–H groups in total. The van der Waals surface area contributed by atoms with Crippen LogP contribution in [0.5, 0.6) is 0 Å². The van der Waals surface area contributed by atoms with Crippen molar-refractivity contribution in [3.63, 3.8) is 0 Å². The number of allylic oxidation sites excluding steroid dienone is 2. The van der Waals surface area contributed by atoms with Crippen molar-refractivity contribution in [2.75, 3.05) is 26.3 Å². The van der Waals surface area contributed by atoms with Crippen molar-refractivity contribution in [1.29, 1.82) is 0 Å². The lowest BCUT2D eigenvalue weighted by atomic mass is 10.00. The highest BCUT2D eigenvalue weighted by Gasteiger charge is 2.38. The minimum absolute atomic E-state index is 0.0730. The number of carbonyl (C=O) groups excluding carboxylic acids is 2. The molecule has 190 valence electrons. The number of carbonyl (C=O) groups is 2. The van der Waals surface area contributed by atoms with Crippen molar-refractivity contribution in [2.45, 2.75) is 26.8 Å². The number of esters is 1. The minimum atomic E-state index is -0.702. The van der Waals surface area contributed by atoms with Gasteiger partial charge in [0, 0.05) is 0 Å². The Kier molecular flexibility index (Phi) is 18.8. The molecule has 1 aliphatic heterocycles. The van der Waals surface area contributed by atoms with Gasteiger partial charge in [0.05, 0.1) is 6.54 Å². The summed E-state index contributed by atoms with van der Waals surface area (Å²) in [7, 11) is 0. The largest absolute Gasteiger partial charge is 0.462 e. The van der Waals surface area contributed by atoms with Gasteiger partial charge in [-0.1, -0.05) is 125 Å². The maximum absolute atomic E-state index is 12.2. The summed E-state index contributed by atoms with van der Waals surface area (Å²) in [5.74, 6) is -0.644. The summed E-state index contributed by atoms with van der Waals surface area (Å²) < 4.78 is 10.2. The Morgan fingerprint density at radius 3 is 1.89 bits per heavy atom. The molecule has 1 heterocycles. The predicted molar refractivity (Wildman–Crippen MR) is 144 cm³/mol. The van der Waals surface area contributed by atoms with Crippen LogP contribution < -0.4 is 5.73 Å². The molecule has 0 radical (unpaired) electrons. The van der Waals surface area contributed by atoms with Crippen LogP contribution in [0.2, 0.25) is 0 Å². The van der Waals surface area contributed by atoms with Crippen molar-refractivity contribution in [3.05, 3.63) is 110 Å². The molecule has 3 rings (SSSR count). The zero-order valence-corrected chi connectivity index (χ0v) is 21.2. The highest BCUT2D eigenvalue weighted by atomic mass is 16.6. The van der Waals surface area contributed by atoms with Gasteiger partial charge in [0.15, 0.2) is 0 Å². The van der Waals surface area contributed by atoms with Crippen LogP contribution in [-0.4, -0.2) is 49.3 Å². The summed E-state index contributed by atoms with van der Waals surface area (Å²) in [5.41, 5.74) is 6.31. The lowest BCUT2D eigenvalue weighted by Gasteiger charge is -2.36. The number of benzene rings is 2. The lowest BCUT2D eigenvalue weighted by molar-refractivity contribution is -0.158. The standard InChI is InChI=1S/C15H22N2O4.2C6H6.C2H6/c1-4-6-12(5-2)10-21-15(19)17-7-8-20-14(18)13(17)11(3)9-16;2*1-2-4-6-5-3-1;1-2/h4-6,11,13H,1-2,7-10,16H2,3H3;2*1-6H;1-2H3/b12-6+;;;/t11-,13?;;;/m1.../s1. The Morgan fingerprint density at radius 1 is 1.06 bits per heavy atom.